The molecule has 6 heteroatoms. The fraction of sp³-hybridized carbons (Fsp3) is 0.667. The Balaban J connectivity index is 4.03. The summed E-state index contributed by atoms with van der Waals surface area (Å²) in [6, 6.07) is -0.541. The van der Waals surface area contributed by atoms with Crippen LogP contribution in [-0.2, 0) is 4.79 Å². The number of hydrogen-bond donors (Lipinski definition) is 4. The van der Waals surface area contributed by atoms with Crippen molar-refractivity contribution in [2.24, 2.45) is 11.6 Å². The molecule has 0 atom stereocenters. The van der Waals surface area contributed by atoms with Crippen molar-refractivity contribution in [2.75, 3.05) is 0 Å². The summed E-state index contributed by atoms with van der Waals surface area (Å²) in [5.41, 5.74) is 6.17. The molecule has 0 fully saturated rings. The normalized spacial score (nSPS) is 10.6. The van der Waals surface area contributed by atoms with E-state index in [2.05, 4.69) is 5.32 Å². The molecule has 0 rings (SSSR count). The largest absolute Gasteiger partial charge is 0.370 e. The van der Waals surface area contributed by atoms with Crippen LogP contribution in [-0.4, -0.2) is 17.5 Å². The van der Waals surface area contributed by atoms with Gasteiger partial charge in [-0.25, -0.2) is 10.6 Å². The highest BCUT2D eigenvalue weighted by molar-refractivity contribution is 5.78. The van der Waals surface area contributed by atoms with Gasteiger partial charge in [-0.05, 0) is 13.8 Å². The third kappa shape index (κ3) is 4.51. The number of hydrogen-bond acceptors (Lipinski definition) is 3. The Morgan fingerprint density at radius 1 is 1.42 bits per heavy atom. The molecule has 0 saturated carbocycles. The van der Waals surface area contributed by atoms with E-state index in [1.54, 1.807) is 13.8 Å². The highest BCUT2D eigenvalue weighted by atomic mass is 16.2. The Morgan fingerprint density at radius 3 is 2.25 bits per heavy atom. The van der Waals surface area contributed by atoms with Gasteiger partial charge in [0.1, 0.15) is 0 Å². The van der Waals surface area contributed by atoms with Gasteiger partial charge in [-0.1, -0.05) is 0 Å². The third-order valence-electron chi connectivity index (χ3n) is 1.20. The van der Waals surface area contributed by atoms with Crippen LogP contribution < -0.4 is 22.3 Å². The Morgan fingerprint density at radius 2 is 1.92 bits per heavy atom. The van der Waals surface area contributed by atoms with E-state index in [1.165, 1.54) is 0 Å². The second-order valence-electron chi connectivity index (χ2n) is 3.13. The van der Waals surface area contributed by atoms with Gasteiger partial charge in [0.05, 0.1) is 0 Å². The summed E-state index contributed by atoms with van der Waals surface area (Å²) >= 11 is 0. The molecule has 0 aromatic heterocycles. The lowest BCUT2D eigenvalue weighted by atomic mass is 10.0. The third-order valence-corrected chi connectivity index (χ3v) is 1.20. The summed E-state index contributed by atoms with van der Waals surface area (Å²) in [7, 11) is 0. The van der Waals surface area contributed by atoms with Gasteiger partial charge in [-0.2, -0.15) is 0 Å². The fourth-order valence-corrected chi connectivity index (χ4v) is 0.823. The number of nitrogens with one attached hydrogen (secondary N) is 2. The number of rotatable bonds is 3. The van der Waals surface area contributed by atoms with E-state index in [9.17, 15) is 9.59 Å². The van der Waals surface area contributed by atoms with Crippen LogP contribution in [0.3, 0.4) is 0 Å². The van der Waals surface area contributed by atoms with Crippen molar-refractivity contribution in [3.05, 3.63) is 0 Å². The van der Waals surface area contributed by atoms with Crippen LogP contribution in [0.5, 0.6) is 0 Å². The molecule has 0 aliphatic carbocycles. The monoisotopic (exact) mass is 174 g/mol. The van der Waals surface area contributed by atoms with Gasteiger partial charge in [-0.15, -0.1) is 0 Å². The summed E-state index contributed by atoms with van der Waals surface area (Å²) in [6.45, 7) is 3.35. The fourth-order valence-electron chi connectivity index (χ4n) is 0.823. The molecule has 0 aliphatic rings. The summed E-state index contributed by atoms with van der Waals surface area (Å²) in [4.78, 5) is 21.2. The van der Waals surface area contributed by atoms with Crippen molar-refractivity contribution in [2.45, 2.75) is 25.8 Å². The molecule has 6 N–H and O–H groups in total. The minimum Gasteiger partial charge on any atom is -0.370 e. The van der Waals surface area contributed by atoms with E-state index in [-0.39, 0.29) is 6.42 Å². The van der Waals surface area contributed by atoms with Gasteiger partial charge < -0.3 is 11.1 Å². The van der Waals surface area contributed by atoms with E-state index in [4.69, 9.17) is 11.6 Å². The number of urea groups is 1. The number of primary amides is 1. The molecule has 6 nitrogen and oxygen atoms in total. The first-order valence-corrected chi connectivity index (χ1v) is 3.44. The van der Waals surface area contributed by atoms with Crippen molar-refractivity contribution < 1.29 is 9.59 Å². The molecule has 0 aromatic rings. The number of amides is 3. The van der Waals surface area contributed by atoms with Crippen molar-refractivity contribution >= 4 is 11.9 Å². The summed E-state index contributed by atoms with van der Waals surface area (Å²) < 4.78 is 0. The van der Waals surface area contributed by atoms with Crippen LogP contribution >= 0.6 is 0 Å². The van der Waals surface area contributed by atoms with Crippen molar-refractivity contribution in [1.29, 1.82) is 0 Å². The van der Waals surface area contributed by atoms with E-state index < -0.39 is 17.5 Å². The molecule has 0 unspecified atom stereocenters. The van der Waals surface area contributed by atoms with E-state index in [0.29, 0.717) is 0 Å². The predicted molar refractivity (Wildman–Crippen MR) is 43.7 cm³/mol. The highest BCUT2D eigenvalue weighted by Crippen LogP contribution is 2.06. The summed E-state index contributed by atoms with van der Waals surface area (Å²) in [5.74, 6) is 4.36. The van der Waals surface area contributed by atoms with Gasteiger partial charge in [-0.3, -0.25) is 10.2 Å². The van der Waals surface area contributed by atoms with E-state index >= 15 is 0 Å². The zero-order valence-electron chi connectivity index (χ0n) is 7.18. The first-order chi connectivity index (χ1) is 5.37. The second-order valence-corrected chi connectivity index (χ2v) is 3.13. The Kier molecular flexibility index (Phi) is 3.49. The lowest BCUT2D eigenvalue weighted by Crippen LogP contribution is -2.51. The predicted octanol–water partition coefficient (Wildman–Crippen LogP) is -1.19. The molecule has 0 spiro atoms. The maximum atomic E-state index is 10.7. The number of carbonyl (C=O) groups is 2. The molecular formula is C6H14N4O2. The lowest BCUT2D eigenvalue weighted by Gasteiger charge is -2.23. The van der Waals surface area contributed by atoms with E-state index in [0.717, 1.165) is 0 Å². The molecule has 0 aromatic carbocycles. The van der Waals surface area contributed by atoms with Crippen LogP contribution in [0.2, 0.25) is 0 Å². The maximum Gasteiger partial charge on any atom is 0.329 e. The molecular weight excluding hydrogens is 160 g/mol. The van der Waals surface area contributed by atoms with Crippen LogP contribution in [0, 0.1) is 0 Å². The summed E-state index contributed by atoms with van der Waals surface area (Å²) in [5, 5.41) is 2.46. The topological polar surface area (TPSA) is 110 Å². The molecule has 3 amide bonds. The van der Waals surface area contributed by atoms with Crippen molar-refractivity contribution in [3.63, 3.8) is 0 Å². The Labute approximate surface area is 70.6 Å². The number of carbonyl (C=O) groups excluding carboxylic acids is 2. The van der Waals surface area contributed by atoms with Gasteiger partial charge >= 0.3 is 6.03 Å². The zero-order chi connectivity index (χ0) is 9.78. The minimum atomic E-state index is -0.671. The number of nitrogens with two attached hydrogens (primary N) is 2. The summed E-state index contributed by atoms with van der Waals surface area (Å²) in [6.07, 6.45) is 0.0699. The minimum absolute atomic E-state index is 0.0699. The first kappa shape index (κ1) is 10.7. The van der Waals surface area contributed by atoms with Gasteiger partial charge in [0.2, 0.25) is 5.91 Å². The first-order valence-electron chi connectivity index (χ1n) is 3.44. The molecule has 0 radical (unpaired) electrons. The van der Waals surface area contributed by atoms with Crippen LogP contribution in [0.4, 0.5) is 4.79 Å². The van der Waals surface area contributed by atoms with Gasteiger partial charge in [0, 0.05) is 12.0 Å². The van der Waals surface area contributed by atoms with E-state index in [1.807, 2.05) is 5.43 Å². The van der Waals surface area contributed by atoms with Crippen LogP contribution in [0.1, 0.15) is 20.3 Å². The Hall–Kier alpha value is -1.30. The van der Waals surface area contributed by atoms with Crippen LogP contribution in [0.15, 0.2) is 0 Å². The molecule has 0 aliphatic heterocycles. The van der Waals surface area contributed by atoms with Crippen molar-refractivity contribution in [1.82, 2.24) is 10.7 Å². The quantitative estimate of drug-likeness (QED) is 0.245. The van der Waals surface area contributed by atoms with Crippen LogP contribution in [0.25, 0.3) is 0 Å². The highest BCUT2D eigenvalue weighted by Gasteiger charge is 2.22. The molecule has 0 saturated heterocycles. The standard InChI is InChI=1S/C6H14N4O2/c1-6(2,3-4(7)11)9-5(12)10-8/h3,8H2,1-2H3,(H2,7,11)(H2,9,10,12). The lowest BCUT2D eigenvalue weighted by molar-refractivity contribution is -0.119. The van der Waals surface area contributed by atoms with Gasteiger partial charge in [0.25, 0.3) is 0 Å². The SMILES string of the molecule is CC(C)(CC(N)=O)NC(=O)NN. The second kappa shape index (κ2) is 3.91. The molecule has 0 heterocycles. The number of hydrazine groups is 1. The molecule has 0 bridgehead atoms. The average Bonchev–Trinajstić information content (AvgIpc) is 1.83. The maximum absolute atomic E-state index is 10.7. The molecule has 12 heavy (non-hydrogen) atoms. The zero-order valence-corrected chi connectivity index (χ0v) is 7.18. The molecule has 70 valence electrons. The van der Waals surface area contributed by atoms with Crippen molar-refractivity contribution in [3.8, 4) is 0 Å². The smallest absolute Gasteiger partial charge is 0.329 e. The average molecular weight is 174 g/mol. The van der Waals surface area contributed by atoms with Gasteiger partial charge in [0.15, 0.2) is 0 Å². The Bertz CT molecular complexity index is 190.